The Morgan fingerprint density at radius 1 is 1.53 bits per heavy atom. The molecule has 0 aromatic heterocycles. The SMILES string of the molecule is CC(NC(N)=O)C(=O)N1CCC(CC(=O)O)C1. The highest BCUT2D eigenvalue weighted by Crippen LogP contribution is 2.20. The molecule has 0 aromatic rings. The summed E-state index contributed by atoms with van der Waals surface area (Å²) in [5.41, 5.74) is 4.92. The van der Waals surface area contributed by atoms with E-state index in [1.54, 1.807) is 11.8 Å². The van der Waals surface area contributed by atoms with E-state index in [9.17, 15) is 14.4 Å². The number of nitrogens with zero attached hydrogens (tertiary/aromatic N) is 1. The summed E-state index contributed by atoms with van der Waals surface area (Å²) in [5.74, 6) is -1.08. The summed E-state index contributed by atoms with van der Waals surface area (Å²) in [4.78, 5) is 34.5. The van der Waals surface area contributed by atoms with Crippen molar-refractivity contribution in [2.24, 2.45) is 11.7 Å². The smallest absolute Gasteiger partial charge is 0.312 e. The minimum atomic E-state index is -0.854. The van der Waals surface area contributed by atoms with Crippen molar-refractivity contribution in [2.75, 3.05) is 13.1 Å². The van der Waals surface area contributed by atoms with Gasteiger partial charge in [0, 0.05) is 19.5 Å². The molecule has 0 spiro atoms. The second kappa shape index (κ2) is 5.51. The number of carboxylic acid groups (broad SMARTS) is 1. The van der Waals surface area contributed by atoms with Gasteiger partial charge in [-0.2, -0.15) is 0 Å². The summed E-state index contributed by atoms with van der Waals surface area (Å²) >= 11 is 0. The van der Waals surface area contributed by atoms with Gasteiger partial charge in [-0.05, 0) is 19.3 Å². The van der Waals surface area contributed by atoms with Gasteiger partial charge in [0.05, 0.1) is 0 Å². The lowest BCUT2D eigenvalue weighted by molar-refractivity contribution is -0.138. The highest BCUT2D eigenvalue weighted by Gasteiger charge is 2.30. The number of carbonyl (C=O) groups excluding carboxylic acids is 2. The van der Waals surface area contributed by atoms with E-state index in [0.717, 1.165) is 0 Å². The number of nitrogens with two attached hydrogens (primary N) is 1. The molecular formula is C10H17N3O4. The summed E-state index contributed by atoms with van der Waals surface area (Å²) in [5, 5.41) is 11.0. The molecule has 1 saturated heterocycles. The first-order valence-electron chi connectivity index (χ1n) is 5.46. The normalized spacial score (nSPS) is 21.0. The van der Waals surface area contributed by atoms with Gasteiger partial charge in [0.2, 0.25) is 5.91 Å². The molecule has 0 aliphatic carbocycles. The van der Waals surface area contributed by atoms with E-state index in [2.05, 4.69) is 5.32 Å². The minimum absolute atomic E-state index is 0.00257. The Morgan fingerprint density at radius 2 is 2.18 bits per heavy atom. The van der Waals surface area contributed by atoms with Crippen LogP contribution >= 0.6 is 0 Å². The maximum absolute atomic E-state index is 11.8. The molecular weight excluding hydrogens is 226 g/mol. The second-order valence-electron chi connectivity index (χ2n) is 4.27. The van der Waals surface area contributed by atoms with Gasteiger partial charge >= 0.3 is 12.0 Å². The fourth-order valence-electron chi connectivity index (χ4n) is 2.00. The first-order valence-corrected chi connectivity index (χ1v) is 5.46. The molecule has 4 N–H and O–H groups in total. The number of aliphatic carboxylic acids is 1. The molecule has 2 atom stereocenters. The lowest BCUT2D eigenvalue weighted by Crippen LogP contribution is -2.47. The molecule has 0 saturated carbocycles. The third-order valence-corrected chi connectivity index (χ3v) is 2.79. The monoisotopic (exact) mass is 243 g/mol. The van der Waals surface area contributed by atoms with E-state index in [1.165, 1.54) is 0 Å². The van der Waals surface area contributed by atoms with Crippen LogP contribution in [0.4, 0.5) is 4.79 Å². The lowest BCUT2D eigenvalue weighted by atomic mass is 10.1. The van der Waals surface area contributed by atoms with Gasteiger partial charge in [-0.3, -0.25) is 9.59 Å². The highest BCUT2D eigenvalue weighted by molar-refractivity contribution is 5.86. The van der Waals surface area contributed by atoms with Crippen LogP contribution in [0.25, 0.3) is 0 Å². The predicted molar refractivity (Wildman–Crippen MR) is 59.1 cm³/mol. The average molecular weight is 243 g/mol. The topological polar surface area (TPSA) is 113 Å². The number of likely N-dealkylation sites (tertiary alicyclic amines) is 1. The molecule has 7 nitrogen and oxygen atoms in total. The fraction of sp³-hybridized carbons (Fsp3) is 0.700. The standard InChI is InChI=1S/C10H17N3O4/c1-6(12-10(11)17)9(16)13-3-2-7(5-13)4-8(14)15/h6-7H,2-5H2,1H3,(H,14,15)(H3,11,12,17). The van der Waals surface area contributed by atoms with Crippen molar-refractivity contribution in [1.82, 2.24) is 10.2 Å². The van der Waals surface area contributed by atoms with Crippen LogP contribution in [0.15, 0.2) is 0 Å². The Balaban J connectivity index is 2.44. The van der Waals surface area contributed by atoms with Gasteiger partial charge in [-0.15, -0.1) is 0 Å². The van der Waals surface area contributed by atoms with Crippen molar-refractivity contribution < 1.29 is 19.5 Å². The zero-order valence-corrected chi connectivity index (χ0v) is 9.68. The van der Waals surface area contributed by atoms with Crippen molar-refractivity contribution in [2.45, 2.75) is 25.8 Å². The van der Waals surface area contributed by atoms with Gasteiger partial charge in [-0.25, -0.2) is 4.79 Å². The quantitative estimate of drug-likeness (QED) is 0.609. The lowest BCUT2D eigenvalue weighted by Gasteiger charge is -2.20. The number of rotatable bonds is 4. The molecule has 0 radical (unpaired) electrons. The van der Waals surface area contributed by atoms with E-state index < -0.39 is 18.0 Å². The molecule has 1 aliphatic heterocycles. The van der Waals surface area contributed by atoms with Gasteiger partial charge in [0.15, 0.2) is 0 Å². The third kappa shape index (κ3) is 3.93. The van der Waals surface area contributed by atoms with Crippen LogP contribution in [0.2, 0.25) is 0 Å². The molecule has 7 heteroatoms. The number of primary amides is 1. The Hall–Kier alpha value is -1.79. The van der Waals surface area contributed by atoms with E-state index in [-0.39, 0.29) is 18.2 Å². The number of nitrogens with one attached hydrogen (secondary N) is 1. The summed E-state index contributed by atoms with van der Waals surface area (Å²) in [7, 11) is 0. The molecule has 0 aromatic carbocycles. The number of hydrogen-bond donors (Lipinski definition) is 3. The largest absolute Gasteiger partial charge is 0.481 e. The summed E-state index contributed by atoms with van der Waals surface area (Å²) < 4.78 is 0. The summed E-state index contributed by atoms with van der Waals surface area (Å²) in [6.45, 7) is 2.51. The zero-order chi connectivity index (χ0) is 13.0. The number of carbonyl (C=O) groups is 3. The minimum Gasteiger partial charge on any atom is -0.481 e. The molecule has 96 valence electrons. The molecule has 1 fully saturated rings. The predicted octanol–water partition coefficient (Wildman–Crippen LogP) is -0.634. The Bertz CT molecular complexity index is 332. The molecule has 0 bridgehead atoms. The highest BCUT2D eigenvalue weighted by atomic mass is 16.4. The van der Waals surface area contributed by atoms with Crippen LogP contribution in [0.5, 0.6) is 0 Å². The van der Waals surface area contributed by atoms with Gasteiger partial charge < -0.3 is 21.1 Å². The van der Waals surface area contributed by atoms with Crippen LogP contribution in [0, 0.1) is 5.92 Å². The van der Waals surface area contributed by atoms with E-state index in [0.29, 0.717) is 19.5 Å². The van der Waals surface area contributed by atoms with Crippen molar-refractivity contribution in [3.05, 3.63) is 0 Å². The molecule has 1 heterocycles. The van der Waals surface area contributed by atoms with E-state index in [4.69, 9.17) is 10.8 Å². The van der Waals surface area contributed by atoms with Crippen LogP contribution in [-0.2, 0) is 9.59 Å². The van der Waals surface area contributed by atoms with Crippen LogP contribution < -0.4 is 11.1 Å². The van der Waals surface area contributed by atoms with Crippen LogP contribution in [0.1, 0.15) is 19.8 Å². The first kappa shape index (κ1) is 13.3. The Kier molecular flexibility index (Phi) is 4.30. The summed E-state index contributed by atoms with van der Waals surface area (Å²) in [6.07, 6.45) is 0.753. The summed E-state index contributed by atoms with van der Waals surface area (Å²) in [6, 6.07) is -1.41. The van der Waals surface area contributed by atoms with Gasteiger partial charge in [0.1, 0.15) is 6.04 Å². The number of hydrogen-bond acceptors (Lipinski definition) is 3. The zero-order valence-electron chi connectivity index (χ0n) is 9.68. The molecule has 3 amide bonds. The molecule has 1 aliphatic rings. The average Bonchev–Trinajstić information content (AvgIpc) is 2.62. The van der Waals surface area contributed by atoms with Crippen LogP contribution in [-0.4, -0.2) is 47.0 Å². The molecule has 17 heavy (non-hydrogen) atoms. The number of amides is 3. The maximum Gasteiger partial charge on any atom is 0.312 e. The van der Waals surface area contributed by atoms with Gasteiger partial charge in [-0.1, -0.05) is 0 Å². The maximum atomic E-state index is 11.8. The number of carboxylic acids is 1. The molecule has 1 rings (SSSR count). The van der Waals surface area contributed by atoms with Crippen molar-refractivity contribution in [3.8, 4) is 0 Å². The fourth-order valence-corrected chi connectivity index (χ4v) is 2.00. The third-order valence-electron chi connectivity index (χ3n) is 2.79. The van der Waals surface area contributed by atoms with Crippen molar-refractivity contribution in [3.63, 3.8) is 0 Å². The van der Waals surface area contributed by atoms with Crippen molar-refractivity contribution in [1.29, 1.82) is 0 Å². The number of urea groups is 1. The first-order chi connectivity index (χ1) is 7.90. The van der Waals surface area contributed by atoms with E-state index >= 15 is 0 Å². The Morgan fingerprint density at radius 3 is 2.71 bits per heavy atom. The second-order valence-corrected chi connectivity index (χ2v) is 4.27. The molecule has 2 unspecified atom stereocenters. The van der Waals surface area contributed by atoms with E-state index in [1.807, 2.05) is 0 Å². The van der Waals surface area contributed by atoms with Crippen molar-refractivity contribution >= 4 is 17.9 Å². The van der Waals surface area contributed by atoms with Crippen LogP contribution in [0.3, 0.4) is 0 Å². The Labute approximate surface area is 98.9 Å². The van der Waals surface area contributed by atoms with Gasteiger partial charge in [0.25, 0.3) is 0 Å².